The smallest absolute Gasteiger partial charge is 0.334 e. The van der Waals surface area contributed by atoms with E-state index < -0.39 is 0 Å². The average molecular weight is 591 g/mol. The van der Waals surface area contributed by atoms with Crippen molar-refractivity contribution in [2.75, 3.05) is 28.4 Å². The number of benzene rings is 3. The van der Waals surface area contributed by atoms with Crippen LogP contribution in [0.5, 0.6) is 11.5 Å². The molecule has 6 unspecified atom stereocenters. The zero-order valence-electron chi connectivity index (χ0n) is 26.1. The van der Waals surface area contributed by atoms with Gasteiger partial charge < -0.3 is 18.9 Å². The average Bonchev–Trinajstić information content (AvgIpc) is 3.77. The Balaban J connectivity index is 1.12. The van der Waals surface area contributed by atoms with Gasteiger partial charge in [0.25, 0.3) is 0 Å². The van der Waals surface area contributed by atoms with Crippen molar-refractivity contribution in [2.24, 2.45) is 58.2 Å². The third kappa shape index (κ3) is 2.32. The highest BCUT2D eigenvalue weighted by molar-refractivity contribution is 6.06. The SMILES string of the molecule is COC(=O)C1=C(C(=O)OC)C2C1[C@H]1C[C@@H]2C2C1[C@]1(C)C3C([C@@H]4C[C@H]3c3c4c(OC)c4cc5ccccc5cc4c3OC)[C@]21C. The van der Waals surface area contributed by atoms with Gasteiger partial charge in [-0.25, -0.2) is 9.59 Å². The Morgan fingerprint density at radius 2 is 1.09 bits per heavy atom. The fraction of sp³-hybridized carbons (Fsp3) is 0.526. The first-order chi connectivity index (χ1) is 21.3. The summed E-state index contributed by atoms with van der Waals surface area (Å²) in [5.41, 5.74) is 4.38. The lowest BCUT2D eigenvalue weighted by Gasteiger charge is -2.85. The van der Waals surface area contributed by atoms with E-state index >= 15 is 0 Å². The Morgan fingerprint density at radius 3 is 1.48 bits per heavy atom. The van der Waals surface area contributed by atoms with Gasteiger partial charge in [0, 0.05) is 33.7 Å². The van der Waals surface area contributed by atoms with Crippen LogP contribution in [0, 0.1) is 58.2 Å². The Kier molecular flexibility index (Phi) is 4.57. The van der Waals surface area contributed by atoms with Gasteiger partial charge in [-0.2, -0.15) is 0 Å². The Hall–Kier alpha value is -3.54. The second kappa shape index (κ2) is 7.81. The van der Waals surface area contributed by atoms with Crippen molar-refractivity contribution in [2.45, 2.75) is 38.5 Å². The third-order valence-corrected chi connectivity index (χ3v) is 14.9. The molecule has 0 N–H and O–H groups in total. The Bertz CT molecular complexity index is 1790. The second-order valence-corrected chi connectivity index (χ2v) is 15.2. The van der Waals surface area contributed by atoms with Crippen LogP contribution in [0.25, 0.3) is 21.5 Å². The molecule has 44 heavy (non-hydrogen) atoms. The molecule has 5 saturated carbocycles. The first kappa shape index (κ1) is 25.8. The number of hydrogen-bond acceptors (Lipinski definition) is 6. The first-order valence-corrected chi connectivity index (χ1v) is 16.3. The first-order valence-electron chi connectivity index (χ1n) is 16.3. The van der Waals surface area contributed by atoms with Crippen molar-refractivity contribution in [3.8, 4) is 11.5 Å². The predicted octanol–water partition coefficient (Wildman–Crippen LogP) is 6.64. The van der Waals surface area contributed by atoms with Crippen LogP contribution < -0.4 is 9.47 Å². The van der Waals surface area contributed by atoms with Gasteiger partial charge >= 0.3 is 11.9 Å². The van der Waals surface area contributed by atoms with Gasteiger partial charge in [0.1, 0.15) is 11.5 Å². The number of methoxy groups -OCH3 is 4. The van der Waals surface area contributed by atoms with Gasteiger partial charge in [0.2, 0.25) is 0 Å². The van der Waals surface area contributed by atoms with Crippen LogP contribution in [-0.2, 0) is 19.1 Å². The monoisotopic (exact) mass is 590 g/mol. The molecule has 7 aliphatic carbocycles. The number of rotatable bonds is 4. The molecule has 0 aromatic heterocycles. The van der Waals surface area contributed by atoms with Crippen LogP contribution in [0.2, 0.25) is 0 Å². The molecule has 6 heteroatoms. The number of fused-ring (bicyclic) bond motifs is 23. The lowest BCUT2D eigenvalue weighted by molar-refractivity contribution is -0.369. The van der Waals surface area contributed by atoms with E-state index in [0.29, 0.717) is 58.5 Å². The number of esters is 2. The lowest BCUT2D eigenvalue weighted by Crippen LogP contribution is -2.81. The van der Waals surface area contributed by atoms with E-state index in [9.17, 15) is 9.59 Å². The molecule has 226 valence electrons. The van der Waals surface area contributed by atoms with Crippen molar-refractivity contribution >= 4 is 33.5 Å². The van der Waals surface area contributed by atoms with Crippen molar-refractivity contribution in [1.29, 1.82) is 0 Å². The lowest BCUT2D eigenvalue weighted by atomic mass is 9.19. The summed E-state index contributed by atoms with van der Waals surface area (Å²) in [6.45, 7) is 5.15. The number of ether oxygens (including phenoxy) is 4. The fourth-order valence-electron chi connectivity index (χ4n) is 14.1. The third-order valence-electron chi connectivity index (χ3n) is 14.9. The zero-order chi connectivity index (χ0) is 30.2. The molecule has 5 fully saturated rings. The van der Waals surface area contributed by atoms with E-state index in [4.69, 9.17) is 18.9 Å². The van der Waals surface area contributed by atoms with E-state index in [1.807, 2.05) is 14.2 Å². The van der Waals surface area contributed by atoms with E-state index in [0.717, 1.165) is 35.1 Å². The molecule has 4 bridgehead atoms. The largest absolute Gasteiger partial charge is 0.496 e. The zero-order valence-corrected chi connectivity index (χ0v) is 26.1. The van der Waals surface area contributed by atoms with Crippen LogP contribution in [0.15, 0.2) is 47.5 Å². The maximum Gasteiger partial charge on any atom is 0.334 e. The fourth-order valence-corrected chi connectivity index (χ4v) is 14.1. The van der Waals surface area contributed by atoms with Gasteiger partial charge in [-0.1, -0.05) is 38.1 Å². The van der Waals surface area contributed by atoms with Crippen molar-refractivity contribution in [3.05, 3.63) is 58.7 Å². The standard InChI is InChI=1S/C38H38O6/c1-37-29-19-13-20(24-23(19)27(35(39)43-5)28(24)36(40)44-6)30(29)38(37,2)32-22-14-21(31(32)37)25-26(22)34(42-4)18-12-16-10-8-7-9-15(16)11-17(18)33(25)41-3/h7-12,19-24,29-32H,13-14H2,1-6H3/t19-,20+,21+,22-,23?,24?,29?,30?,31?,32?,37-,38+. The summed E-state index contributed by atoms with van der Waals surface area (Å²) < 4.78 is 23.1. The summed E-state index contributed by atoms with van der Waals surface area (Å²) in [6, 6.07) is 13.1. The van der Waals surface area contributed by atoms with Crippen molar-refractivity contribution in [3.63, 3.8) is 0 Å². The summed E-state index contributed by atoms with van der Waals surface area (Å²) in [7, 11) is 6.51. The molecule has 0 saturated heterocycles. The summed E-state index contributed by atoms with van der Waals surface area (Å²) in [5, 5.41) is 4.71. The molecule has 0 heterocycles. The molecule has 3 aromatic carbocycles. The summed E-state index contributed by atoms with van der Waals surface area (Å²) >= 11 is 0. The number of carbonyl (C=O) groups is 2. The molecule has 12 atom stereocenters. The van der Waals surface area contributed by atoms with Crippen LogP contribution >= 0.6 is 0 Å². The molecule has 0 aliphatic heterocycles. The van der Waals surface area contributed by atoms with E-state index in [1.165, 1.54) is 36.1 Å². The predicted molar refractivity (Wildman–Crippen MR) is 164 cm³/mol. The second-order valence-electron chi connectivity index (χ2n) is 15.2. The van der Waals surface area contributed by atoms with Gasteiger partial charge in [-0.15, -0.1) is 0 Å². The highest BCUT2D eigenvalue weighted by atomic mass is 16.5. The van der Waals surface area contributed by atoms with Crippen LogP contribution in [0.3, 0.4) is 0 Å². The Labute approximate surface area is 257 Å². The van der Waals surface area contributed by atoms with Gasteiger partial charge in [0.05, 0.1) is 39.6 Å². The van der Waals surface area contributed by atoms with E-state index in [-0.39, 0.29) is 34.6 Å². The summed E-state index contributed by atoms with van der Waals surface area (Å²) in [4.78, 5) is 26.0. The summed E-state index contributed by atoms with van der Waals surface area (Å²) in [6.07, 6.45) is 2.25. The highest BCUT2D eigenvalue weighted by Gasteiger charge is 2.91. The molecule has 7 aliphatic rings. The molecule has 0 amide bonds. The normalized spacial score (nSPS) is 42.4. The van der Waals surface area contributed by atoms with Crippen LogP contribution in [0.1, 0.15) is 49.7 Å². The molecular weight excluding hydrogens is 552 g/mol. The quantitative estimate of drug-likeness (QED) is 0.147. The topological polar surface area (TPSA) is 71.1 Å². The minimum absolute atomic E-state index is 0.126. The molecule has 10 rings (SSSR count). The minimum Gasteiger partial charge on any atom is -0.496 e. The maximum absolute atomic E-state index is 13.0. The maximum atomic E-state index is 13.0. The van der Waals surface area contributed by atoms with E-state index in [1.54, 1.807) is 0 Å². The molecule has 0 spiro atoms. The van der Waals surface area contributed by atoms with Gasteiger partial charge in [-0.05, 0) is 93.9 Å². The summed E-state index contributed by atoms with van der Waals surface area (Å²) in [5.74, 6) is 5.67. The highest BCUT2D eigenvalue weighted by Crippen LogP contribution is 2.96. The minimum atomic E-state index is -0.348. The van der Waals surface area contributed by atoms with Crippen LogP contribution in [-0.4, -0.2) is 40.4 Å². The van der Waals surface area contributed by atoms with Gasteiger partial charge in [0.15, 0.2) is 0 Å². The molecular formula is C38H38O6. The molecule has 3 aromatic rings. The van der Waals surface area contributed by atoms with Crippen LogP contribution in [0.4, 0.5) is 0 Å². The Morgan fingerprint density at radius 1 is 0.659 bits per heavy atom. The van der Waals surface area contributed by atoms with Gasteiger partial charge in [-0.3, -0.25) is 0 Å². The number of carbonyl (C=O) groups excluding carboxylic acids is 2. The molecule has 0 radical (unpaired) electrons. The van der Waals surface area contributed by atoms with Crippen molar-refractivity contribution in [1.82, 2.24) is 0 Å². The van der Waals surface area contributed by atoms with Crippen molar-refractivity contribution < 1.29 is 28.5 Å². The molecule has 6 nitrogen and oxygen atoms in total. The number of hydrogen-bond donors (Lipinski definition) is 0. The van der Waals surface area contributed by atoms with E-state index in [2.05, 4.69) is 50.2 Å².